The number of sulfonamides is 1. The maximum absolute atomic E-state index is 13.2. The third kappa shape index (κ3) is 5.29. The highest BCUT2D eigenvalue weighted by molar-refractivity contribution is 7.91. The van der Waals surface area contributed by atoms with Crippen molar-refractivity contribution < 1.29 is 13.2 Å². The van der Waals surface area contributed by atoms with Crippen LogP contribution >= 0.6 is 22.9 Å². The third-order valence-electron chi connectivity index (χ3n) is 7.42. The highest BCUT2D eigenvalue weighted by Gasteiger charge is 2.36. The lowest BCUT2D eigenvalue weighted by Gasteiger charge is -2.41. The van der Waals surface area contributed by atoms with Gasteiger partial charge in [-0.05, 0) is 69.7 Å². The fourth-order valence-electron chi connectivity index (χ4n) is 5.40. The summed E-state index contributed by atoms with van der Waals surface area (Å²) in [6, 6.07) is 3.84. The van der Waals surface area contributed by atoms with Crippen molar-refractivity contribution in [3.63, 3.8) is 0 Å². The summed E-state index contributed by atoms with van der Waals surface area (Å²) in [5, 5.41) is 0. The number of thiophene rings is 1. The van der Waals surface area contributed by atoms with E-state index < -0.39 is 10.0 Å². The molecule has 1 aromatic heterocycles. The van der Waals surface area contributed by atoms with Gasteiger partial charge in [0.15, 0.2) is 0 Å². The average molecular weight is 488 g/mol. The van der Waals surface area contributed by atoms with Crippen LogP contribution < -0.4 is 0 Å². The number of carbonyl (C=O) groups is 1. The fraction of sp³-hybridized carbons (Fsp3) is 0.773. The van der Waals surface area contributed by atoms with Crippen LogP contribution in [-0.4, -0.2) is 73.7 Å². The minimum atomic E-state index is -3.48. The zero-order valence-corrected chi connectivity index (χ0v) is 20.7. The summed E-state index contributed by atoms with van der Waals surface area (Å²) in [7, 11) is -3.48. The fourth-order valence-corrected chi connectivity index (χ4v) is 8.51. The largest absolute Gasteiger partial charge is 0.342 e. The third-order valence-corrected chi connectivity index (χ3v) is 11.0. The maximum atomic E-state index is 13.2. The number of likely N-dealkylation sites (tertiary alicyclic amines) is 2. The molecule has 0 aromatic carbocycles. The Hall–Kier alpha value is -0.670. The molecule has 9 heteroatoms. The van der Waals surface area contributed by atoms with Crippen LogP contribution in [0, 0.1) is 11.8 Å². The maximum Gasteiger partial charge on any atom is 0.252 e. The zero-order chi connectivity index (χ0) is 22.0. The Kier molecular flexibility index (Phi) is 7.64. The van der Waals surface area contributed by atoms with Crippen LogP contribution in [0.2, 0.25) is 4.34 Å². The molecule has 3 aliphatic heterocycles. The Bertz CT molecular complexity index is 853. The van der Waals surface area contributed by atoms with Crippen molar-refractivity contribution in [2.45, 2.75) is 62.1 Å². The minimum Gasteiger partial charge on any atom is -0.342 e. The molecule has 4 rings (SSSR count). The molecule has 174 valence electrons. The molecule has 0 unspecified atom stereocenters. The van der Waals surface area contributed by atoms with Crippen molar-refractivity contribution in [2.75, 3.05) is 39.3 Å². The van der Waals surface area contributed by atoms with E-state index in [9.17, 15) is 13.2 Å². The second-order valence-electron chi connectivity index (χ2n) is 9.24. The van der Waals surface area contributed by atoms with Crippen LogP contribution in [0.5, 0.6) is 0 Å². The molecule has 0 N–H and O–H groups in total. The number of amides is 1. The number of hydrogen-bond acceptors (Lipinski definition) is 5. The molecule has 4 heterocycles. The van der Waals surface area contributed by atoms with E-state index in [1.54, 1.807) is 16.4 Å². The number of carbonyl (C=O) groups excluding carboxylic acids is 1. The number of piperidine rings is 3. The molecular formula is C22H34ClN3O3S2. The van der Waals surface area contributed by atoms with Gasteiger partial charge in [0.05, 0.1) is 4.34 Å². The quantitative estimate of drug-likeness (QED) is 0.631. The molecule has 1 amide bonds. The smallest absolute Gasteiger partial charge is 0.252 e. The van der Waals surface area contributed by atoms with Gasteiger partial charge >= 0.3 is 0 Å². The normalized spacial score (nSPS) is 24.4. The van der Waals surface area contributed by atoms with Gasteiger partial charge in [0, 0.05) is 38.1 Å². The van der Waals surface area contributed by atoms with Crippen LogP contribution in [0.1, 0.15) is 51.9 Å². The summed E-state index contributed by atoms with van der Waals surface area (Å²) in [6.45, 7) is 7.12. The Balaban J connectivity index is 1.27. The topological polar surface area (TPSA) is 60.9 Å². The predicted octanol–water partition coefficient (Wildman–Crippen LogP) is 3.92. The van der Waals surface area contributed by atoms with E-state index in [0.717, 1.165) is 50.1 Å². The van der Waals surface area contributed by atoms with E-state index in [2.05, 4.69) is 9.80 Å². The number of halogens is 1. The second-order valence-corrected chi connectivity index (χ2v) is 13.1. The molecule has 3 saturated heterocycles. The van der Waals surface area contributed by atoms with Crippen molar-refractivity contribution in [1.82, 2.24) is 14.1 Å². The lowest BCUT2D eigenvalue weighted by atomic mass is 9.84. The van der Waals surface area contributed by atoms with Crippen molar-refractivity contribution in [3.05, 3.63) is 16.5 Å². The van der Waals surface area contributed by atoms with E-state index in [1.165, 1.54) is 32.4 Å². The lowest BCUT2D eigenvalue weighted by Crippen LogP contribution is -2.50. The highest BCUT2D eigenvalue weighted by Crippen LogP contribution is 2.33. The first-order valence-corrected chi connectivity index (χ1v) is 14.3. The summed E-state index contributed by atoms with van der Waals surface area (Å²) < 4.78 is 28.0. The Labute approximate surface area is 195 Å². The van der Waals surface area contributed by atoms with Crippen LogP contribution in [0.3, 0.4) is 0 Å². The summed E-state index contributed by atoms with van der Waals surface area (Å²) in [5.74, 6) is 0.446. The Morgan fingerprint density at radius 1 is 1.00 bits per heavy atom. The second kappa shape index (κ2) is 10.1. The SMILES string of the molecule is C[C@H](C(=O)N1CCC(N2CCCCC2)CC1)C1CCN(S(=O)(=O)c2ccc(Cl)s2)CC1. The van der Waals surface area contributed by atoms with Gasteiger partial charge in [-0.25, -0.2) is 8.42 Å². The van der Waals surface area contributed by atoms with Gasteiger partial charge in [0.2, 0.25) is 5.91 Å². The lowest BCUT2D eigenvalue weighted by molar-refractivity contribution is -0.138. The standard InChI is InChI=1S/C22H34ClN3O3S2/c1-17(22(27)25-13-9-19(10-14-25)24-11-3-2-4-12-24)18-7-15-26(16-8-18)31(28,29)21-6-5-20(23)30-21/h5-6,17-19H,2-4,7-16H2,1H3/t17-/m0/s1. The molecule has 3 aliphatic rings. The van der Waals surface area contributed by atoms with Gasteiger partial charge in [-0.1, -0.05) is 24.9 Å². The van der Waals surface area contributed by atoms with Crippen LogP contribution in [-0.2, 0) is 14.8 Å². The summed E-state index contributed by atoms with van der Waals surface area (Å²) in [5.41, 5.74) is 0. The predicted molar refractivity (Wildman–Crippen MR) is 125 cm³/mol. The molecule has 3 fully saturated rings. The van der Waals surface area contributed by atoms with E-state index in [0.29, 0.717) is 27.7 Å². The van der Waals surface area contributed by atoms with Gasteiger partial charge in [-0.2, -0.15) is 4.31 Å². The molecule has 0 spiro atoms. The first-order chi connectivity index (χ1) is 14.9. The molecule has 0 bridgehead atoms. The van der Waals surface area contributed by atoms with E-state index in [1.807, 2.05) is 6.92 Å². The highest BCUT2D eigenvalue weighted by atomic mass is 35.5. The van der Waals surface area contributed by atoms with Gasteiger partial charge in [0.1, 0.15) is 4.21 Å². The number of hydrogen-bond donors (Lipinski definition) is 0. The molecule has 1 atom stereocenters. The van der Waals surface area contributed by atoms with Crippen molar-refractivity contribution >= 4 is 38.9 Å². The van der Waals surface area contributed by atoms with E-state index in [4.69, 9.17) is 11.6 Å². The van der Waals surface area contributed by atoms with Gasteiger partial charge in [0.25, 0.3) is 10.0 Å². The van der Waals surface area contributed by atoms with Gasteiger partial charge < -0.3 is 9.80 Å². The molecule has 0 saturated carbocycles. The average Bonchev–Trinajstić information content (AvgIpc) is 3.26. The first-order valence-electron chi connectivity index (χ1n) is 11.6. The number of rotatable bonds is 5. The van der Waals surface area contributed by atoms with Crippen molar-refractivity contribution in [1.29, 1.82) is 0 Å². The van der Waals surface area contributed by atoms with Crippen LogP contribution in [0.25, 0.3) is 0 Å². The summed E-state index contributed by atoms with van der Waals surface area (Å²) in [4.78, 5) is 17.8. The Morgan fingerprint density at radius 2 is 1.65 bits per heavy atom. The van der Waals surface area contributed by atoms with E-state index >= 15 is 0 Å². The molecule has 1 aromatic rings. The minimum absolute atomic E-state index is 0.0485. The summed E-state index contributed by atoms with van der Waals surface area (Å²) in [6.07, 6.45) is 7.60. The van der Waals surface area contributed by atoms with Crippen LogP contribution in [0.4, 0.5) is 0 Å². The van der Waals surface area contributed by atoms with Crippen LogP contribution in [0.15, 0.2) is 16.3 Å². The van der Waals surface area contributed by atoms with Gasteiger partial charge in [-0.3, -0.25) is 4.79 Å². The molecule has 6 nitrogen and oxygen atoms in total. The monoisotopic (exact) mass is 487 g/mol. The zero-order valence-electron chi connectivity index (χ0n) is 18.3. The molecule has 31 heavy (non-hydrogen) atoms. The van der Waals surface area contributed by atoms with E-state index in [-0.39, 0.29) is 17.7 Å². The summed E-state index contributed by atoms with van der Waals surface area (Å²) >= 11 is 7.02. The molecular weight excluding hydrogens is 454 g/mol. The Morgan fingerprint density at radius 3 is 2.23 bits per heavy atom. The van der Waals surface area contributed by atoms with Crippen molar-refractivity contribution in [3.8, 4) is 0 Å². The number of nitrogens with zero attached hydrogens (tertiary/aromatic N) is 3. The molecule has 0 aliphatic carbocycles. The first kappa shape index (κ1) is 23.5. The van der Waals surface area contributed by atoms with Gasteiger partial charge in [-0.15, -0.1) is 11.3 Å². The van der Waals surface area contributed by atoms with Crippen molar-refractivity contribution in [2.24, 2.45) is 11.8 Å². The molecule has 0 radical (unpaired) electrons.